The molecule has 0 bridgehead atoms. The van der Waals surface area contributed by atoms with Crippen molar-refractivity contribution >= 4 is 5.71 Å². The van der Waals surface area contributed by atoms with E-state index >= 15 is 0 Å². The summed E-state index contributed by atoms with van der Waals surface area (Å²) < 4.78 is 37.5. The van der Waals surface area contributed by atoms with E-state index < -0.39 is 18.5 Å². The van der Waals surface area contributed by atoms with Crippen LogP contribution in [0.3, 0.4) is 0 Å². The Morgan fingerprint density at radius 2 is 1.82 bits per heavy atom. The van der Waals surface area contributed by atoms with Gasteiger partial charge in [-0.3, -0.25) is 4.99 Å². The molecule has 17 heavy (non-hydrogen) atoms. The van der Waals surface area contributed by atoms with Gasteiger partial charge in [0.05, 0.1) is 0 Å². The zero-order chi connectivity index (χ0) is 12.3. The van der Waals surface area contributed by atoms with Crippen LogP contribution in [0.15, 0.2) is 35.3 Å². The van der Waals surface area contributed by atoms with Crippen molar-refractivity contribution in [3.63, 3.8) is 0 Å². The quantitative estimate of drug-likeness (QED) is 0.768. The van der Waals surface area contributed by atoms with Crippen molar-refractivity contribution in [3.8, 4) is 0 Å². The summed E-state index contributed by atoms with van der Waals surface area (Å²) in [6.45, 7) is 0.162. The molecule has 1 aromatic carbocycles. The molecule has 0 fully saturated rings. The molecule has 2 rings (SSSR count). The molecule has 0 N–H and O–H groups in total. The van der Waals surface area contributed by atoms with Crippen LogP contribution >= 0.6 is 0 Å². The number of nitrogens with zero attached hydrogens (tertiary/aromatic N) is 1. The Morgan fingerprint density at radius 3 is 2.35 bits per heavy atom. The predicted octanol–water partition coefficient (Wildman–Crippen LogP) is 3.49. The second-order valence-electron chi connectivity index (χ2n) is 4.23. The van der Waals surface area contributed by atoms with Gasteiger partial charge >= 0.3 is 0 Å². The average molecular weight is 241 g/mol. The Bertz CT molecular complexity index is 389. The summed E-state index contributed by atoms with van der Waals surface area (Å²) in [5.41, 5.74) is 1.89. The van der Waals surface area contributed by atoms with Gasteiger partial charge in [-0.1, -0.05) is 30.3 Å². The second-order valence-corrected chi connectivity index (χ2v) is 4.23. The van der Waals surface area contributed by atoms with Crippen molar-refractivity contribution in [2.24, 2.45) is 10.9 Å². The van der Waals surface area contributed by atoms with E-state index in [2.05, 4.69) is 4.99 Å². The fourth-order valence-corrected chi connectivity index (χ4v) is 2.05. The first kappa shape index (κ1) is 12.1. The number of hydrogen-bond acceptors (Lipinski definition) is 1. The highest BCUT2D eigenvalue weighted by Gasteiger charge is 2.31. The maximum absolute atomic E-state index is 13.1. The Labute approximate surface area is 98.4 Å². The van der Waals surface area contributed by atoms with E-state index in [1.807, 2.05) is 30.3 Å². The Kier molecular flexibility index (Phi) is 3.82. The third-order valence-corrected chi connectivity index (χ3v) is 3.07. The highest BCUT2D eigenvalue weighted by Crippen LogP contribution is 2.26. The van der Waals surface area contributed by atoms with Crippen LogP contribution in [0, 0.1) is 5.92 Å². The minimum absolute atomic E-state index is 0.162. The van der Waals surface area contributed by atoms with E-state index in [9.17, 15) is 13.2 Å². The number of rotatable bonds is 3. The predicted molar refractivity (Wildman–Crippen MR) is 61.5 cm³/mol. The molecule has 1 aromatic rings. The minimum atomic E-state index is -2.89. The average Bonchev–Trinajstić information content (AvgIpc) is 2.39. The maximum Gasteiger partial charge on any atom is 0.269 e. The lowest BCUT2D eigenvalue weighted by molar-refractivity contribution is 0.0156. The number of hydrogen-bond donors (Lipinski definition) is 0. The lowest BCUT2D eigenvalue weighted by Crippen LogP contribution is -2.29. The van der Waals surface area contributed by atoms with Crippen LogP contribution in [0.1, 0.15) is 18.4 Å². The van der Waals surface area contributed by atoms with Gasteiger partial charge < -0.3 is 0 Å². The Morgan fingerprint density at radius 1 is 1.12 bits per heavy atom. The van der Waals surface area contributed by atoms with E-state index in [1.54, 1.807) is 0 Å². The van der Waals surface area contributed by atoms with Crippen LogP contribution in [0.25, 0.3) is 0 Å². The van der Waals surface area contributed by atoms with E-state index in [1.165, 1.54) is 0 Å². The molecule has 1 heterocycles. The molecule has 0 radical (unpaired) electrons. The smallest absolute Gasteiger partial charge is 0.269 e. The summed E-state index contributed by atoms with van der Waals surface area (Å²) in [6, 6.07) is 9.57. The first-order chi connectivity index (χ1) is 8.18. The Hall–Kier alpha value is -1.32. The van der Waals surface area contributed by atoms with Crippen molar-refractivity contribution < 1.29 is 13.2 Å². The van der Waals surface area contributed by atoms with Gasteiger partial charge in [0.2, 0.25) is 0 Å². The molecule has 0 amide bonds. The zero-order valence-electron chi connectivity index (χ0n) is 9.32. The zero-order valence-corrected chi connectivity index (χ0v) is 9.32. The molecule has 0 saturated carbocycles. The van der Waals surface area contributed by atoms with Gasteiger partial charge in [-0.05, 0) is 18.4 Å². The summed E-state index contributed by atoms with van der Waals surface area (Å²) in [5.74, 6) is -0.637. The van der Waals surface area contributed by atoms with Gasteiger partial charge in [-0.25, -0.2) is 13.2 Å². The minimum Gasteiger partial charge on any atom is -0.289 e. The van der Waals surface area contributed by atoms with Gasteiger partial charge in [0.1, 0.15) is 0 Å². The standard InChI is InChI=1S/C13H14F3N/c14-12(13(15)16)10-6-7-11(17-8-10)9-4-2-1-3-5-9/h1-5,10,12-13H,6-8H2. The Balaban J connectivity index is 2.03. The van der Waals surface area contributed by atoms with Crippen molar-refractivity contribution in [2.45, 2.75) is 25.4 Å². The maximum atomic E-state index is 13.1. The molecule has 2 atom stereocenters. The first-order valence-electron chi connectivity index (χ1n) is 5.69. The molecule has 0 aromatic heterocycles. The molecule has 0 aliphatic carbocycles. The molecule has 0 saturated heterocycles. The molecule has 2 unspecified atom stereocenters. The van der Waals surface area contributed by atoms with Crippen LogP contribution in [-0.2, 0) is 0 Å². The second kappa shape index (κ2) is 5.34. The third kappa shape index (κ3) is 2.87. The third-order valence-electron chi connectivity index (χ3n) is 3.07. The number of aliphatic imine (C=N–C) groups is 1. The van der Waals surface area contributed by atoms with E-state index in [4.69, 9.17) is 0 Å². The normalized spacial score (nSPS) is 22.4. The van der Waals surface area contributed by atoms with Gasteiger partial charge in [0.25, 0.3) is 6.43 Å². The molecular formula is C13H14F3N. The van der Waals surface area contributed by atoms with Gasteiger partial charge in [0.15, 0.2) is 6.17 Å². The van der Waals surface area contributed by atoms with Crippen LogP contribution in [0.4, 0.5) is 13.2 Å². The monoisotopic (exact) mass is 241 g/mol. The lowest BCUT2D eigenvalue weighted by Gasteiger charge is -2.23. The summed E-state index contributed by atoms with van der Waals surface area (Å²) in [4.78, 5) is 4.23. The van der Waals surface area contributed by atoms with Crippen LogP contribution in [0.5, 0.6) is 0 Å². The van der Waals surface area contributed by atoms with E-state index in [0.29, 0.717) is 12.8 Å². The lowest BCUT2D eigenvalue weighted by atomic mass is 9.91. The molecule has 0 spiro atoms. The summed E-state index contributed by atoms with van der Waals surface area (Å²) in [7, 11) is 0. The fraction of sp³-hybridized carbons (Fsp3) is 0.462. The van der Waals surface area contributed by atoms with Crippen LogP contribution in [0.2, 0.25) is 0 Å². The first-order valence-corrected chi connectivity index (χ1v) is 5.69. The molecule has 4 heteroatoms. The molecule has 92 valence electrons. The topological polar surface area (TPSA) is 12.4 Å². The summed E-state index contributed by atoms with van der Waals surface area (Å²) in [6.07, 6.45) is -3.93. The number of alkyl halides is 3. The molecule has 1 aliphatic heterocycles. The number of benzene rings is 1. The van der Waals surface area contributed by atoms with Crippen LogP contribution in [-0.4, -0.2) is 24.9 Å². The summed E-state index contributed by atoms with van der Waals surface area (Å²) >= 11 is 0. The van der Waals surface area contributed by atoms with E-state index in [0.717, 1.165) is 11.3 Å². The van der Waals surface area contributed by atoms with Gasteiger partial charge in [-0.15, -0.1) is 0 Å². The van der Waals surface area contributed by atoms with Crippen LogP contribution < -0.4 is 0 Å². The largest absolute Gasteiger partial charge is 0.289 e. The number of halogens is 3. The molecule has 1 aliphatic rings. The highest BCUT2D eigenvalue weighted by atomic mass is 19.3. The van der Waals surface area contributed by atoms with Crippen molar-refractivity contribution in [1.29, 1.82) is 0 Å². The van der Waals surface area contributed by atoms with Gasteiger partial charge in [0, 0.05) is 18.2 Å². The SMILES string of the molecule is FC(F)C(F)C1CCC(c2ccccc2)=NC1. The molecule has 1 nitrogen and oxygen atoms in total. The van der Waals surface area contributed by atoms with Gasteiger partial charge in [-0.2, -0.15) is 0 Å². The van der Waals surface area contributed by atoms with Crippen molar-refractivity contribution in [3.05, 3.63) is 35.9 Å². The van der Waals surface area contributed by atoms with Crippen molar-refractivity contribution in [2.75, 3.05) is 6.54 Å². The van der Waals surface area contributed by atoms with Crippen molar-refractivity contribution in [1.82, 2.24) is 0 Å². The summed E-state index contributed by atoms with van der Waals surface area (Å²) in [5, 5.41) is 0. The van der Waals surface area contributed by atoms with E-state index in [-0.39, 0.29) is 6.54 Å². The highest BCUT2D eigenvalue weighted by molar-refractivity contribution is 6.00. The molecular weight excluding hydrogens is 227 g/mol. The fourth-order valence-electron chi connectivity index (χ4n) is 2.05.